The number of rotatable bonds is 6. The van der Waals surface area contributed by atoms with Gasteiger partial charge in [-0.3, -0.25) is 39.5 Å². The first-order chi connectivity index (χ1) is 23.0. The van der Waals surface area contributed by atoms with Gasteiger partial charge in [0.15, 0.2) is 4.34 Å². The maximum absolute atomic E-state index is 13.4. The number of aromatic nitrogens is 1. The van der Waals surface area contributed by atoms with E-state index >= 15 is 0 Å². The van der Waals surface area contributed by atoms with Crippen molar-refractivity contribution in [3.05, 3.63) is 87.0 Å². The number of aryl methyl sites for hydroxylation is 2. The SMILES string of the molecule is Cc1ccc(N2C(=O)NC(=O)/C(=C\c3ccc(Sc4nc5ccc(N6C(=O)[C@H]7CCCC[C@@H]7C6=O)cc5s4)c([N+](=O)[O-])c3)C2=O)cc1C. The Kier molecular flexibility index (Phi) is 7.92. The van der Waals surface area contributed by atoms with Crippen LogP contribution < -0.4 is 15.1 Å². The highest BCUT2D eigenvalue weighted by atomic mass is 32.2. The van der Waals surface area contributed by atoms with Gasteiger partial charge in [-0.05, 0) is 85.9 Å². The molecule has 3 heterocycles. The maximum atomic E-state index is 13.4. The predicted octanol–water partition coefficient (Wildman–Crippen LogP) is 6.32. The number of fused-ring (bicyclic) bond motifs is 2. The van der Waals surface area contributed by atoms with Crippen molar-refractivity contribution in [2.75, 3.05) is 9.80 Å². The number of nitro benzene ring substituents is 1. The summed E-state index contributed by atoms with van der Waals surface area (Å²) in [6, 6.07) is 13.6. The third kappa shape index (κ3) is 5.46. The van der Waals surface area contributed by atoms with E-state index in [9.17, 15) is 34.1 Å². The normalized spacial score (nSPS) is 20.5. The number of thiazole rings is 1. The second kappa shape index (κ2) is 12.1. The summed E-state index contributed by atoms with van der Waals surface area (Å²) >= 11 is 2.36. The van der Waals surface area contributed by atoms with Crippen LogP contribution in [0.15, 0.2) is 69.4 Å². The highest BCUT2D eigenvalue weighted by molar-refractivity contribution is 8.01. The van der Waals surface area contributed by atoms with Crippen LogP contribution in [0.1, 0.15) is 42.4 Å². The number of hydrogen-bond donors (Lipinski definition) is 1. The lowest BCUT2D eigenvalue weighted by molar-refractivity contribution is -0.387. The fraction of sp³-hybridized carbons (Fsp3) is 0.235. The van der Waals surface area contributed by atoms with E-state index in [1.165, 1.54) is 40.5 Å². The third-order valence-corrected chi connectivity index (χ3v) is 11.1. The van der Waals surface area contributed by atoms with E-state index in [0.29, 0.717) is 15.5 Å². The van der Waals surface area contributed by atoms with Gasteiger partial charge in [0, 0.05) is 6.07 Å². The molecule has 0 unspecified atom stereocenters. The number of imide groups is 3. The molecule has 1 N–H and O–H groups in total. The summed E-state index contributed by atoms with van der Waals surface area (Å²) in [5.74, 6) is -2.61. The molecule has 0 radical (unpaired) electrons. The van der Waals surface area contributed by atoms with Crippen molar-refractivity contribution in [3.8, 4) is 0 Å². The topological polar surface area (TPSA) is 160 Å². The van der Waals surface area contributed by atoms with Crippen molar-refractivity contribution in [3.63, 3.8) is 0 Å². The summed E-state index contributed by atoms with van der Waals surface area (Å²) in [4.78, 5) is 83.5. The minimum absolute atomic E-state index is 0.161. The van der Waals surface area contributed by atoms with E-state index < -0.39 is 22.8 Å². The summed E-state index contributed by atoms with van der Waals surface area (Å²) in [5, 5.41) is 14.3. The number of amides is 6. The van der Waals surface area contributed by atoms with Crippen LogP contribution in [-0.4, -0.2) is 39.6 Å². The van der Waals surface area contributed by atoms with Gasteiger partial charge in [-0.1, -0.05) is 36.7 Å². The van der Waals surface area contributed by atoms with Crippen molar-refractivity contribution in [1.29, 1.82) is 0 Å². The molecule has 0 spiro atoms. The van der Waals surface area contributed by atoms with Gasteiger partial charge in [0.25, 0.3) is 17.5 Å². The standard InChI is InChI=1S/C34H27N5O7S2/c1-17-7-9-20(13-18(17)2)38-32(43)24(29(40)36-33(38)44)14-19-8-12-27(26(15-19)39(45)46)47-34-35-25-11-10-21(16-28(25)48-34)37-30(41)22-5-3-4-6-23(22)31(37)42/h7-16,22-23H,3-6H2,1-2H3,(H,36,40,44)/b24-14+/t22-,23-/m0/s1. The first-order valence-corrected chi connectivity index (χ1v) is 16.9. The molecule has 0 bridgehead atoms. The predicted molar refractivity (Wildman–Crippen MR) is 180 cm³/mol. The largest absolute Gasteiger partial charge is 0.335 e. The Balaban J connectivity index is 1.15. The summed E-state index contributed by atoms with van der Waals surface area (Å²) in [7, 11) is 0. The van der Waals surface area contributed by atoms with Crippen molar-refractivity contribution < 1.29 is 28.9 Å². The Bertz CT molecular complexity index is 2120. The molecule has 242 valence electrons. The second-order valence-corrected chi connectivity index (χ2v) is 14.3. The lowest BCUT2D eigenvalue weighted by Crippen LogP contribution is -2.54. The fourth-order valence-electron chi connectivity index (χ4n) is 6.36. The van der Waals surface area contributed by atoms with Crippen LogP contribution in [0.5, 0.6) is 0 Å². The molecule has 1 aliphatic carbocycles. The van der Waals surface area contributed by atoms with Crippen LogP contribution in [0, 0.1) is 35.8 Å². The molecule has 6 amide bonds. The van der Waals surface area contributed by atoms with Crippen molar-refractivity contribution >= 4 is 86.1 Å². The van der Waals surface area contributed by atoms with Crippen LogP contribution in [0.3, 0.4) is 0 Å². The number of barbiturate groups is 1. The summed E-state index contributed by atoms with van der Waals surface area (Å²) in [6.07, 6.45) is 4.54. The highest BCUT2D eigenvalue weighted by Crippen LogP contribution is 2.43. The second-order valence-electron chi connectivity index (χ2n) is 12.0. The summed E-state index contributed by atoms with van der Waals surface area (Å²) in [6.45, 7) is 3.72. The Labute approximate surface area is 282 Å². The van der Waals surface area contributed by atoms with Gasteiger partial charge >= 0.3 is 6.03 Å². The molecule has 2 atom stereocenters. The van der Waals surface area contributed by atoms with E-state index in [1.807, 2.05) is 13.8 Å². The number of anilines is 2. The van der Waals surface area contributed by atoms with Gasteiger partial charge in [-0.15, -0.1) is 11.3 Å². The fourth-order valence-corrected chi connectivity index (χ4v) is 8.50. The zero-order valence-corrected chi connectivity index (χ0v) is 27.4. The van der Waals surface area contributed by atoms with Crippen molar-refractivity contribution in [1.82, 2.24) is 10.3 Å². The average Bonchev–Trinajstić information content (AvgIpc) is 3.57. The van der Waals surface area contributed by atoms with Crippen LogP contribution >= 0.6 is 23.1 Å². The number of carbonyl (C=O) groups is 5. The van der Waals surface area contributed by atoms with Crippen LogP contribution in [-0.2, 0) is 19.2 Å². The minimum Gasteiger partial charge on any atom is -0.274 e. The molecule has 12 nitrogen and oxygen atoms in total. The molecule has 1 aromatic heterocycles. The zero-order chi connectivity index (χ0) is 33.9. The van der Waals surface area contributed by atoms with Crippen LogP contribution in [0.2, 0.25) is 0 Å². The zero-order valence-electron chi connectivity index (χ0n) is 25.7. The van der Waals surface area contributed by atoms with Crippen LogP contribution in [0.25, 0.3) is 16.3 Å². The number of urea groups is 1. The molecule has 48 heavy (non-hydrogen) atoms. The first-order valence-electron chi connectivity index (χ1n) is 15.2. The Hall–Kier alpha value is -5.21. The van der Waals surface area contributed by atoms with Crippen molar-refractivity contribution in [2.24, 2.45) is 11.8 Å². The molecule has 3 aromatic carbocycles. The molecule has 1 saturated carbocycles. The molecule has 14 heteroatoms. The monoisotopic (exact) mass is 681 g/mol. The number of benzene rings is 3. The average molecular weight is 682 g/mol. The number of carbonyl (C=O) groups excluding carboxylic acids is 5. The Morgan fingerprint density at radius 1 is 0.896 bits per heavy atom. The maximum Gasteiger partial charge on any atom is 0.335 e. The minimum atomic E-state index is -0.906. The van der Waals surface area contributed by atoms with Gasteiger partial charge in [-0.2, -0.15) is 0 Å². The Morgan fingerprint density at radius 3 is 2.27 bits per heavy atom. The van der Waals surface area contributed by atoms with E-state index in [1.54, 1.807) is 36.4 Å². The number of nitro groups is 1. The molecule has 2 saturated heterocycles. The third-order valence-electron chi connectivity index (χ3n) is 8.99. The number of nitrogens with zero attached hydrogens (tertiary/aromatic N) is 4. The van der Waals surface area contributed by atoms with Gasteiger partial charge < -0.3 is 0 Å². The molecule has 7 rings (SSSR count). The Morgan fingerprint density at radius 2 is 1.58 bits per heavy atom. The summed E-state index contributed by atoms with van der Waals surface area (Å²) in [5.41, 5.74) is 2.82. The van der Waals surface area contributed by atoms with E-state index in [-0.39, 0.29) is 51.1 Å². The molecule has 4 aromatic rings. The number of hydrogen-bond acceptors (Lipinski definition) is 10. The molecular formula is C34H27N5O7S2. The summed E-state index contributed by atoms with van der Waals surface area (Å²) < 4.78 is 1.23. The van der Waals surface area contributed by atoms with Gasteiger partial charge in [0.1, 0.15) is 5.57 Å². The lowest BCUT2D eigenvalue weighted by atomic mass is 9.81. The van der Waals surface area contributed by atoms with Gasteiger partial charge in [0.05, 0.1) is 43.2 Å². The number of nitrogens with one attached hydrogen (secondary N) is 1. The molecular weight excluding hydrogens is 655 g/mol. The van der Waals surface area contributed by atoms with E-state index in [4.69, 9.17) is 0 Å². The lowest BCUT2D eigenvalue weighted by Gasteiger charge is -2.26. The molecule has 3 aliphatic rings. The van der Waals surface area contributed by atoms with Crippen molar-refractivity contribution in [2.45, 2.75) is 48.8 Å². The molecule has 3 fully saturated rings. The van der Waals surface area contributed by atoms with E-state index in [2.05, 4.69) is 10.3 Å². The van der Waals surface area contributed by atoms with Crippen LogP contribution in [0.4, 0.5) is 21.9 Å². The van der Waals surface area contributed by atoms with E-state index in [0.717, 1.165) is 58.2 Å². The quantitative estimate of drug-likeness (QED) is 0.0808. The smallest absolute Gasteiger partial charge is 0.274 e. The van der Waals surface area contributed by atoms with Gasteiger partial charge in [-0.25, -0.2) is 14.7 Å². The highest BCUT2D eigenvalue weighted by Gasteiger charge is 2.48. The first kappa shape index (κ1) is 31.4. The molecule has 2 aliphatic heterocycles. The van der Waals surface area contributed by atoms with Gasteiger partial charge in [0.2, 0.25) is 11.8 Å².